The van der Waals surface area contributed by atoms with Gasteiger partial charge in [0, 0.05) is 22.6 Å². The first-order chi connectivity index (χ1) is 20.4. The molecule has 2 heterocycles. The maximum absolute atomic E-state index is 12.9. The van der Waals surface area contributed by atoms with E-state index >= 15 is 0 Å². The summed E-state index contributed by atoms with van der Waals surface area (Å²) in [4.78, 5) is 39.4. The van der Waals surface area contributed by atoms with Crippen molar-refractivity contribution in [1.29, 1.82) is 0 Å². The Hall–Kier alpha value is -4.28. The molecular formula is C33H27NO7S. The van der Waals surface area contributed by atoms with Crippen LogP contribution in [-0.4, -0.2) is 39.9 Å². The summed E-state index contributed by atoms with van der Waals surface area (Å²) in [6.07, 6.45) is -0.774. The zero-order valence-electron chi connectivity index (χ0n) is 22.4. The number of aliphatic hydroxyl groups excluding tert-OH is 1. The number of aliphatic hydroxyl groups is 1. The van der Waals surface area contributed by atoms with Gasteiger partial charge in [-0.05, 0) is 47.5 Å². The second kappa shape index (κ2) is 11.9. The van der Waals surface area contributed by atoms with Crippen molar-refractivity contribution < 1.29 is 34.1 Å². The zero-order chi connectivity index (χ0) is 29.2. The first-order valence-corrected chi connectivity index (χ1v) is 14.4. The van der Waals surface area contributed by atoms with Crippen molar-refractivity contribution in [1.82, 2.24) is 0 Å². The number of anilines is 1. The number of benzene rings is 4. The third-order valence-electron chi connectivity index (χ3n) is 7.37. The van der Waals surface area contributed by atoms with Crippen molar-refractivity contribution in [2.24, 2.45) is 0 Å². The summed E-state index contributed by atoms with van der Waals surface area (Å²) < 4.78 is 12.8. The third kappa shape index (κ3) is 5.47. The minimum Gasteiger partial charge on any atom is -0.478 e. The van der Waals surface area contributed by atoms with Crippen molar-refractivity contribution in [2.45, 2.75) is 36.4 Å². The van der Waals surface area contributed by atoms with Crippen molar-refractivity contribution in [2.75, 3.05) is 10.7 Å². The molecule has 6 rings (SSSR count). The largest absolute Gasteiger partial charge is 0.478 e. The molecule has 0 aliphatic carbocycles. The fourth-order valence-corrected chi connectivity index (χ4v) is 6.24. The van der Waals surface area contributed by atoms with E-state index in [1.165, 1.54) is 16.7 Å². The van der Waals surface area contributed by atoms with Crippen LogP contribution in [0.15, 0.2) is 102 Å². The number of rotatable bonds is 8. The zero-order valence-corrected chi connectivity index (χ0v) is 23.2. The number of fused-ring (bicyclic) bond motifs is 1. The standard InChI is InChI=1S/C33H27NO7S/c35-18-20-9-11-21(12-10-20)28-17-24(19-42-29-8-4-3-7-27(29)32(38)39)40-33(41-28)22-13-15-23(16-14-22)34-30(36)25-5-1-2-6-26(25)31(34)37/h1-16,24,28,33,35H,17-19H2,(H,38,39). The molecule has 2 aliphatic rings. The van der Waals surface area contributed by atoms with Crippen LogP contribution >= 0.6 is 11.8 Å². The van der Waals surface area contributed by atoms with Gasteiger partial charge in [-0.25, -0.2) is 9.69 Å². The molecule has 3 atom stereocenters. The molecule has 0 spiro atoms. The van der Waals surface area contributed by atoms with Gasteiger partial charge in [0.05, 0.1) is 41.2 Å². The highest BCUT2D eigenvalue weighted by atomic mass is 32.2. The van der Waals surface area contributed by atoms with Gasteiger partial charge in [-0.1, -0.05) is 60.7 Å². The number of hydrogen-bond donors (Lipinski definition) is 2. The average Bonchev–Trinajstić information content (AvgIpc) is 3.29. The van der Waals surface area contributed by atoms with Crippen LogP contribution in [0.1, 0.15) is 66.6 Å². The second-order valence-corrected chi connectivity index (χ2v) is 11.1. The predicted molar refractivity (Wildman–Crippen MR) is 157 cm³/mol. The smallest absolute Gasteiger partial charge is 0.336 e. The minimum atomic E-state index is -0.983. The maximum atomic E-state index is 12.9. The number of thioether (sulfide) groups is 1. The number of hydrogen-bond acceptors (Lipinski definition) is 7. The van der Waals surface area contributed by atoms with Crippen LogP contribution < -0.4 is 4.90 Å². The van der Waals surface area contributed by atoms with Gasteiger partial charge in [0.2, 0.25) is 0 Å². The van der Waals surface area contributed by atoms with Crippen LogP contribution in [0, 0.1) is 0 Å². The lowest BCUT2D eigenvalue weighted by Crippen LogP contribution is -2.31. The summed E-state index contributed by atoms with van der Waals surface area (Å²) in [6.45, 7) is -0.0563. The maximum Gasteiger partial charge on any atom is 0.336 e. The van der Waals surface area contributed by atoms with Gasteiger partial charge in [0.1, 0.15) is 0 Å². The van der Waals surface area contributed by atoms with E-state index < -0.39 is 12.3 Å². The Labute approximate surface area is 246 Å². The Kier molecular flexibility index (Phi) is 7.90. The van der Waals surface area contributed by atoms with E-state index in [2.05, 4.69) is 0 Å². The molecule has 2 amide bonds. The first-order valence-electron chi connectivity index (χ1n) is 13.5. The van der Waals surface area contributed by atoms with E-state index in [0.717, 1.165) is 11.1 Å². The van der Waals surface area contributed by atoms with Crippen molar-refractivity contribution in [3.63, 3.8) is 0 Å². The van der Waals surface area contributed by atoms with E-state index in [9.17, 15) is 24.6 Å². The van der Waals surface area contributed by atoms with Gasteiger partial charge in [0.15, 0.2) is 6.29 Å². The summed E-state index contributed by atoms with van der Waals surface area (Å²) in [5.74, 6) is -1.20. The quantitative estimate of drug-likeness (QED) is 0.192. The van der Waals surface area contributed by atoms with Crippen molar-refractivity contribution in [3.8, 4) is 0 Å². The number of carbonyl (C=O) groups is 3. The summed E-state index contributed by atoms with van der Waals surface area (Å²) in [6, 6.07) is 28.2. The lowest BCUT2D eigenvalue weighted by atomic mass is 10.0. The Balaban J connectivity index is 1.24. The molecule has 0 saturated carbocycles. The van der Waals surface area contributed by atoms with Crippen LogP contribution in [0.3, 0.4) is 0 Å². The Bertz CT molecular complexity index is 1600. The molecule has 0 aromatic heterocycles. The Morgan fingerprint density at radius 1 is 0.810 bits per heavy atom. The van der Waals surface area contributed by atoms with E-state index in [1.807, 2.05) is 30.3 Å². The van der Waals surface area contributed by atoms with Crippen LogP contribution in [0.2, 0.25) is 0 Å². The number of ether oxygens (including phenoxy) is 2. The van der Waals surface area contributed by atoms with Crippen LogP contribution in [0.25, 0.3) is 0 Å². The SMILES string of the molecule is O=C(O)c1ccccc1SCC1CC(c2ccc(CO)cc2)OC(c2ccc(N3C(=O)c4ccccc4C3=O)cc2)O1. The molecule has 8 nitrogen and oxygen atoms in total. The fourth-order valence-electron chi connectivity index (χ4n) is 5.18. The summed E-state index contributed by atoms with van der Waals surface area (Å²) >= 11 is 1.42. The molecule has 0 radical (unpaired) electrons. The molecule has 212 valence electrons. The number of nitrogens with zero attached hydrogens (tertiary/aromatic N) is 1. The normalized spacial score (nSPS) is 20.0. The monoisotopic (exact) mass is 581 g/mol. The molecule has 9 heteroatoms. The number of imide groups is 1. The van der Waals surface area contributed by atoms with Crippen molar-refractivity contribution >= 4 is 35.2 Å². The van der Waals surface area contributed by atoms with E-state index in [4.69, 9.17) is 9.47 Å². The molecule has 0 bridgehead atoms. The van der Waals surface area contributed by atoms with Crippen LogP contribution in [0.5, 0.6) is 0 Å². The highest BCUT2D eigenvalue weighted by Gasteiger charge is 2.37. The molecule has 3 unspecified atom stereocenters. The van der Waals surface area contributed by atoms with Gasteiger partial charge in [-0.15, -0.1) is 11.8 Å². The average molecular weight is 582 g/mol. The molecule has 1 fully saturated rings. The van der Waals surface area contributed by atoms with Crippen LogP contribution in [-0.2, 0) is 16.1 Å². The van der Waals surface area contributed by atoms with E-state index in [1.54, 1.807) is 66.7 Å². The summed E-state index contributed by atoms with van der Waals surface area (Å²) in [5, 5.41) is 19.0. The van der Waals surface area contributed by atoms with Crippen molar-refractivity contribution in [3.05, 3.63) is 130 Å². The number of carbonyl (C=O) groups excluding carboxylic acids is 2. The molecule has 4 aromatic carbocycles. The van der Waals surface area contributed by atoms with E-state index in [-0.39, 0.29) is 36.2 Å². The topological polar surface area (TPSA) is 113 Å². The summed E-state index contributed by atoms with van der Waals surface area (Å²) in [7, 11) is 0. The minimum absolute atomic E-state index is 0.0563. The first kappa shape index (κ1) is 27.9. The molecule has 4 aromatic rings. The Morgan fingerprint density at radius 2 is 1.43 bits per heavy atom. The Morgan fingerprint density at radius 3 is 2.07 bits per heavy atom. The van der Waals surface area contributed by atoms with Gasteiger partial charge < -0.3 is 19.7 Å². The predicted octanol–water partition coefficient (Wildman–Crippen LogP) is 6.02. The number of carboxylic acid groups (broad SMARTS) is 1. The lowest BCUT2D eigenvalue weighted by molar-refractivity contribution is -0.245. The summed E-state index contributed by atoms with van der Waals surface area (Å²) in [5.41, 5.74) is 3.90. The highest BCUT2D eigenvalue weighted by Crippen LogP contribution is 2.40. The number of amides is 2. The lowest BCUT2D eigenvalue weighted by Gasteiger charge is -2.36. The van der Waals surface area contributed by atoms with Gasteiger partial charge in [-0.3, -0.25) is 9.59 Å². The third-order valence-corrected chi connectivity index (χ3v) is 8.58. The second-order valence-electron chi connectivity index (χ2n) is 10.0. The molecule has 2 N–H and O–H groups in total. The van der Waals surface area contributed by atoms with Gasteiger partial charge in [-0.2, -0.15) is 0 Å². The van der Waals surface area contributed by atoms with E-state index in [0.29, 0.717) is 39.4 Å². The molecule has 42 heavy (non-hydrogen) atoms. The molecule has 1 saturated heterocycles. The van der Waals surface area contributed by atoms with Gasteiger partial charge >= 0.3 is 5.97 Å². The fraction of sp³-hybridized carbons (Fsp3) is 0.182. The van der Waals surface area contributed by atoms with Crippen LogP contribution in [0.4, 0.5) is 5.69 Å². The molecule has 2 aliphatic heterocycles. The van der Waals surface area contributed by atoms with Gasteiger partial charge in [0.25, 0.3) is 11.8 Å². The number of carboxylic acids is 1. The molecular weight excluding hydrogens is 554 g/mol. The number of aromatic carboxylic acids is 1. The highest BCUT2D eigenvalue weighted by molar-refractivity contribution is 7.99.